The lowest BCUT2D eigenvalue weighted by atomic mass is 10.1. The first-order valence-electron chi connectivity index (χ1n) is 8.09. The normalized spacial score (nSPS) is 14.4. The van der Waals surface area contributed by atoms with E-state index in [0.717, 1.165) is 16.5 Å². The Morgan fingerprint density at radius 2 is 1.70 bits per heavy atom. The van der Waals surface area contributed by atoms with E-state index in [1.54, 1.807) is 0 Å². The molecular weight excluding hydrogens is 320 g/mol. The number of aromatic nitrogens is 1. The summed E-state index contributed by atoms with van der Waals surface area (Å²) in [5, 5.41) is 11.1. The Kier molecular flexibility index (Phi) is 4.89. The molecule has 0 aliphatic carbocycles. The quantitative estimate of drug-likeness (QED) is 0.772. The molecule has 2 aromatic rings. The maximum Gasteiger partial charge on any atom is 0.319 e. The molecule has 6 heteroatoms. The van der Waals surface area contributed by atoms with E-state index in [2.05, 4.69) is 54.6 Å². The molecule has 0 bridgehead atoms. The van der Waals surface area contributed by atoms with Gasteiger partial charge in [0.25, 0.3) is 0 Å². The summed E-state index contributed by atoms with van der Waals surface area (Å²) in [6.45, 7) is 13.5. The third-order valence-corrected chi connectivity index (χ3v) is 11.7. The maximum absolute atomic E-state index is 12.1. The first-order valence-corrected chi connectivity index (χ1v) is 15.0. The largest absolute Gasteiger partial charge is 0.480 e. The summed E-state index contributed by atoms with van der Waals surface area (Å²) >= 11 is 0. The van der Waals surface area contributed by atoms with Gasteiger partial charge >= 0.3 is 5.97 Å². The lowest BCUT2D eigenvalue weighted by Crippen LogP contribution is -2.65. The molecule has 2 N–H and O–H groups in total. The SMILES string of the molecule is C[Si](C)(C)N([C@@H](Cc1c[nH]c2ccccc12)C(=O)O)[Si](C)(C)C. The molecule has 0 saturated heterocycles. The van der Waals surface area contributed by atoms with Crippen molar-refractivity contribution in [2.24, 2.45) is 0 Å². The smallest absolute Gasteiger partial charge is 0.319 e. The van der Waals surface area contributed by atoms with Crippen molar-refractivity contribution in [2.75, 3.05) is 0 Å². The second-order valence-electron chi connectivity index (χ2n) is 8.13. The van der Waals surface area contributed by atoms with E-state index in [1.807, 2.05) is 24.4 Å². The fourth-order valence-electron chi connectivity index (χ4n) is 3.74. The Labute approximate surface area is 140 Å². The molecule has 1 atom stereocenters. The minimum atomic E-state index is -1.74. The summed E-state index contributed by atoms with van der Waals surface area (Å²) in [6.07, 6.45) is 2.51. The van der Waals surface area contributed by atoms with Crippen LogP contribution < -0.4 is 0 Å². The number of aliphatic carboxylic acids is 1. The van der Waals surface area contributed by atoms with Crippen LogP contribution >= 0.6 is 0 Å². The molecular formula is C17H28N2O2Si2. The fourth-order valence-corrected chi connectivity index (χ4v) is 14.1. The van der Waals surface area contributed by atoms with Crippen LogP contribution in [0.2, 0.25) is 39.3 Å². The second kappa shape index (κ2) is 6.26. The number of carboxylic acid groups (broad SMARTS) is 1. The van der Waals surface area contributed by atoms with Crippen LogP contribution in [-0.2, 0) is 11.2 Å². The Bertz CT molecular complexity index is 684. The van der Waals surface area contributed by atoms with Crippen molar-refractivity contribution >= 4 is 33.3 Å². The van der Waals surface area contributed by atoms with Gasteiger partial charge in [0.1, 0.15) is 22.5 Å². The van der Waals surface area contributed by atoms with E-state index in [1.165, 1.54) is 0 Å². The van der Waals surface area contributed by atoms with Gasteiger partial charge in [-0.1, -0.05) is 57.5 Å². The highest BCUT2D eigenvalue weighted by molar-refractivity contribution is 6.89. The Morgan fingerprint density at radius 3 is 2.22 bits per heavy atom. The molecule has 0 spiro atoms. The zero-order valence-corrected chi connectivity index (χ0v) is 17.0. The van der Waals surface area contributed by atoms with Crippen LogP contribution in [-0.4, -0.2) is 42.8 Å². The molecule has 4 nitrogen and oxygen atoms in total. The molecule has 0 aliphatic heterocycles. The first kappa shape index (κ1) is 18.0. The maximum atomic E-state index is 12.1. The molecule has 0 aliphatic rings. The predicted octanol–water partition coefficient (Wildman–Crippen LogP) is 4.14. The molecule has 23 heavy (non-hydrogen) atoms. The number of nitrogens with one attached hydrogen (secondary N) is 1. The van der Waals surface area contributed by atoms with Gasteiger partial charge in [0.05, 0.1) is 0 Å². The number of aromatic amines is 1. The van der Waals surface area contributed by atoms with E-state index in [-0.39, 0.29) is 0 Å². The number of para-hydroxylation sites is 1. The van der Waals surface area contributed by atoms with E-state index in [0.29, 0.717) is 6.42 Å². The van der Waals surface area contributed by atoms with Gasteiger partial charge in [-0.2, -0.15) is 0 Å². The van der Waals surface area contributed by atoms with Crippen LogP contribution in [0.1, 0.15) is 5.56 Å². The average molecular weight is 349 g/mol. The van der Waals surface area contributed by atoms with E-state index in [4.69, 9.17) is 0 Å². The van der Waals surface area contributed by atoms with Gasteiger partial charge in [-0.15, -0.1) is 0 Å². The predicted molar refractivity (Wildman–Crippen MR) is 102 cm³/mol. The minimum absolute atomic E-state index is 0.451. The monoisotopic (exact) mass is 348 g/mol. The van der Waals surface area contributed by atoms with Crippen LogP contribution in [0.25, 0.3) is 10.9 Å². The molecule has 0 amide bonds. The van der Waals surface area contributed by atoms with E-state index in [9.17, 15) is 9.90 Å². The highest BCUT2D eigenvalue weighted by Gasteiger charge is 2.42. The number of hydrogen-bond acceptors (Lipinski definition) is 2. The molecule has 1 heterocycles. The van der Waals surface area contributed by atoms with E-state index >= 15 is 0 Å². The van der Waals surface area contributed by atoms with Gasteiger partial charge in [-0.05, 0) is 18.1 Å². The third kappa shape index (κ3) is 3.94. The van der Waals surface area contributed by atoms with Crippen LogP contribution in [0, 0.1) is 0 Å². The number of carbonyl (C=O) groups is 1. The molecule has 0 unspecified atom stereocenters. The third-order valence-electron chi connectivity index (χ3n) is 4.13. The number of H-pyrrole nitrogens is 1. The minimum Gasteiger partial charge on any atom is -0.480 e. The second-order valence-corrected chi connectivity index (χ2v) is 18.2. The van der Waals surface area contributed by atoms with Gasteiger partial charge in [-0.3, -0.25) is 4.79 Å². The number of rotatable bonds is 6. The Morgan fingerprint density at radius 1 is 1.13 bits per heavy atom. The van der Waals surface area contributed by atoms with Crippen molar-refractivity contribution in [2.45, 2.75) is 51.7 Å². The topological polar surface area (TPSA) is 56.3 Å². The van der Waals surface area contributed by atoms with Crippen LogP contribution in [0.15, 0.2) is 30.5 Å². The first-order chi connectivity index (χ1) is 10.5. The molecule has 1 aromatic heterocycles. The van der Waals surface area contributed by atoms with Crippen molar-refractivity contribution in [3.8, 4) is 0 Å². The van der Waals surface area contributed by atoms with Crippen LogP contribution in [0.5, 0.6) is 0 Å². The van der Waals surface area contributed by atoms with Gasteiger partial charge in [-0.25, -0.2) is 0 Å². The summed E-state index contributed by atoms with van der Waals surface area (Å²) in [4.78, 5) is 15.3. The number of hydrogen-bond donors (Lipinski definition) is 2. The highest BCUT2D eigenvalue weighted by Crippen LogP contribution is 2.27. The Hall–Kier alpha value is -1.38. The molecule has 1 aromatic carbocycles. The van der Waals surface area contributed by atoms with Crippen molar-refractivity contribution < 1.29 is 9.90 Å². The lowest BCUT2D eigenvalue weighted by Gasteiger charge is -2.47. The van der Waals surface area contributed by atoms with Crippen molar-refractivity contribution in [1.82, 2.24) is 9.22 Å². The highest BCUT2D eigenvalue weighted by atomic mass is 28.4. The van der Waals surface area contributed by atoms with Crippen molar-refractivity contribution in [3.05, 3.63) is 36.0 Å². The zero-order valence-electron chi connectivity index (χ0n) is 15.0. The van der Waals surface area contributed by atoms with Gasteiger partial charge in [0.15, 0.2) is 0 Å². The molecule has 0 saturated carbocycles. The number of benzene rings is 1. The average Bonchev–Trinajstić information content (AvgIpc) is 2.78. The number of fused-ring (bicyclic) bond motifs is 1. The van der Waals surface area contributed by atoms with Gasteiger partial charge in [0.2, 0.25) is 0 Å². The molecule has 0 fully saturated rings. The standard InChI is InChI=1S/C17H28N2O2Si2/c1-22(2,3)19(23(4,5)6)16(17(20)21)11-13-12-18-15-10-8-7-9-14(13)15/h7-10,12,16,18H,11H2,1-6H3,(H,20,21)/t16-/m0/s1. The molecule has 2 rings (SSSR count). The molecule has 0 radical (unpaired) electrons. The lowest BCUT2D eigenvalue weighted by molar-refractivity contribution is -0.140. The van der Waals surface area contributed by atoms with Crippen molar-refractivity contribution in [1.29, 1.82) is 0 Å². The number of nitrogens with zero attached hydrogens (tertiary/aromatic N) is 1. The number of carboxylic acids is 1. The summed E-state index contributed by atoms with van der Waals surface area (Å²) in [5.41, 5.74) is 2.16. The summed E-state index contributed by atoms with van der Waals surface area (Å²) in [6, 6.07) is 7.64. The summed E-state index contributed by atoms with van der Waals surface area (Å²) in [7, 11) is -3.49. The van der Waals surface area contributed by atoms with Crippen LogP contribution in [0.4, 0.5) is 0 Å². The summed E-state index contributed by atoms with van der Waals surface area (Å²) in [5.74, 6) is -0.708. The fraction of sp³-hybridized carbons (Fsp3) is 0.471. The van der Waals surface area contributed by atoms with E-state index < -0.39 is 28.5 Å². The summed E-state index contributed by atoms with van der Waals surface area (Å²) < 4.78 is 2.38. The molecule has 126 valence electrons. The Balaban J connectivity index is 2.44. The van der Waals surface area contributed by atoms with Crippen molar-refractivity contribution in [3.63, 3.8) is 0 Å². The zero-order chi connectivity index (χ0) is 17.4. The van der Waals surface area contributed by atoms with Gasteiger partial charge in [0, 0.05) is 17.1 Å². The van der Waals surface area contributed by atoms with Gasteiger partial charge < -0.3 is 14.3 Å². The van der Waals surface area contributed by atoms with Crippen LogP contribution in [0.3, 0.4) is 0 Å².